The molecule has 3 aromatic rings. The van der Waals surface area contributed by atoms with Gasteiger partial charge in [0.1, 0.15) is 0 Å². The van der Waals surface area contributed by atoms with Crippen LogP contribution in [0.2, 0.25) is 0 Å². The van der Waals surface area contributed by atoms with Gasteiger partial charge in [0.2, 0.25) is 5.95 Å². The Bertz CT molecular complexity index is 991. The van der Waals surface area contributed by atoms with Gasteiger partial charge in [-0.2, -0.15) is 0 Å². The molecule has 1 aromatic carbocycles. The van der Waals surface area contributed by atoms with Gasteiger partial charge in [0.25, 0.3) is 0 Å². The van der Waals surface area contributed by atoms with Gasteiger partial charge < -0.3 is 19.5 Å². The molecule has 1 N–H and O–H groups in total. The Morgan fingerprint density at radius 1 is 1.20 bits per heavy atom. The average molecular weight is 408 g/mol. The van der Waals surface area contributed by atoms with Crippen LogP contribution in [-0.2, 0) is 18.3 Å². The second kappa shape index (κ2) is 9.26. The molecule has 0 spiro atoms. The first kappa shape index (κ1) is 20.3. The lowest BCUT2D eigenvalue weighted by atomic mass is 9.97. The third-order valence-corrected chi connectivity index (χ3v) is 5.84. The minimum atomic E-state index is -0.375. The first-order valence-corrected chi connectivity index (χ1v) is 10.6. The SMILES string of the molecule is CCOC(=O)c1cnc(N2CCC(CNCc3cc4ccccc4n3C)CC2)nc1. The summed E-state index contributed by atoms with van der Waals surface area (Å²) in [5, 5.41) is 4.93. The van der Waals surface area contributed by atoms with Crippen LogP contribution in [0.3, 0.4) is 0 Å². The number of nitrogens with zero attached hydrogens (tertiary/aromatic N) is 4. The zero-order chi connectivity index (χ0) is 20.9. The summed E-state index contributed by atoms with van der Waals surface area (Å²) in [5.74, 6) is 0.958. The molecule has 30 heavy (non-hydrogen) atoms. The van der Waals surface area contributed by atoms with E-state index in [0.717, 1.165) is 39.0 Å². The molecule has 158 valence electrons. The van der Waals surface area contributed by atoms with Crippen molar-refractivity contribution >= 4 is 22.8 Å². The van der Waals surface area contributed by atoms with Crippen molar-refractivity contribution < 1.29 is 9.53 Å². The van der Waals surface area contributed by atoms with Gasteiger partial charge in [0, 0.05) is 50.3 Å². The second-order valence-corrected chi connectivity index (χ2v) is 7.81. The molecule has 0 amide bonds. The Morgan fingerprint density at radius 2 is 1.93 bits per heavy atom. The van der Waals surface area contributed by atoms with E-state index in [4.69, 9.17) is 4.74 Å². The Morgan fingerprint density at radius 3 is 2.63 bits per heavy atom. The number of anilines is 1. The number of piperidine rings is 1. The van der Waals surface area contributed by atoms with Crippen molar-refractivity contribution in [2.75, 3.05) is 31.1 Å². The van der Waals surface area contributed by atoms with E-state index in [1.807, 2.05) is 0 Å². The van der Waals surface area contributed by atoms with E-state index in [2.05, 4.69) is 62.1 Å². The highest BCUT2D eigenvalue weighted by molar-refractivity contribution is 5.88. The smallest absolute Gasteiger partial charge is 0.341 e. The summed E-state index contributed by atoms with van der Waals surface area (Å²) < 4.78 is 7.25. The number of para-hydroxylation sites is 1. The van der Waals surface area contributed by atoms with Crippen molar-refractivity contribution in [3.63, 3.8) is 0 Å². The van der Waals surface area contributed by atoms with Crippen LogP contribution >= 0.6 is 0 Å². The number of hydrogen-bond donors (Lipinski definition) is 1. The van der Waals surface area contributed by atoms with Crippen molar-refractivity contribution in [3.8, 4) is 0 Å². The highest BCUT2D eigenvalue weighted by Gasteiger charge is 2.21. The number of nitrogens with one attached hydrogen (secondary N) is 1. The fraction of sp³-hybridized carbons (Fsp3) is 0.435. The molecule has 0 saturated carbocycles. The molecule has 0 bridgehead atoms. The normalized spacial score (nSPS) is 14.9. The predicted octanol–water partition coefficient (Wildman–Crippen LogP) is 3.15. The van der Waals surface area contributed by atoms with Gasteiger partial charge in [-0.3, -0.25) is 0 Å². The topological polar surface area (TPSA) is 72.3 Å². The number of rotatable bonds is 7. The molecule has 2 aromatic heterocycles. The maximum Gasteiger partial charge on any atom is 0.341 e. The summed E-state index contributed by atoms with van der Waals surface area (Å²) in [5.41, 5.74) is 2.98. The fourth-order valence-corrected chi connectivity index (χ4v) is 4.06. The standard InChI is InChI=1S/C23H29N5O2/c1-3-30-22(29)19-14-25-23(26-15-19)28-10-8-17(9-11-28)13-24-16-20-12-18-6-4-5-7-21(18)27(20)2/h4-7,12,14-15,17,24H,3,8-11,13,16H2,1-2H3. The molecule has 7 heteroatoms. The lowest BCUT2D eigenvalue weighted by molar-refractivity contribution is 0.0525. The molecule has 0 unspecified atom stereocenters. The Balaban J connectivity index is 1.24. The molecule has 7 nitrogen and oxygen atoms in total. The third-order valence-electron chi connectivity index (χ3n) is 5.84. The van der Waals surface area contributed by atoms with E-state index in [9.17, 15) is 4.79 Å². The Kier molecular flexibility index (Phi) is 6.28. The fourth-order valence-electron chi connectivity index (χ4n) is 4.06. The Labute approximate surface area is 177 Å². The van der Waals surface area contributed by atoms with E-state index < -0.39 is 0 Å². The first-order chi connectivity index (χ1) is 14.7. The number of esters is 1. The van der Waals surface area contributed by atoms with E-state index in [1.54, 1.807) is 19.3 Å². The number of fused-ring (bicyclic) bond motifs is 1. The number of ether oxygens (including phenoxy) is 1. The van der Waals surface area contributed by atoms with Gasteiger partial charge in [0.05, 0.1) is 12.2 Å². The van der Waals surface area contributed by atoms with Gasteiger partial charge in [-0.1, -0.05) is 18.2 Å². The number of benzene rings is 1. The summed E-state index contributed by atoms with van der Waals surface area (Å²) in [6, 6.07) is 10.8. The maximum absolute atomic E-state index is 11.7. The van der Waals surface area contributed by atoms with Gasteiger partial charge in [-0.25, -0.2) is 14.8 Å². The van der Waals surface area contributed by atoms with Crippen LogP contribution in [0.15, 0.2) is 42.7 Å². The van der Waals surface area contributed by atoms with E-state index >= 15 is 0 Å². The molecule has 4 rings (SSSR count). The van der Waals surface area contributed by atoms with Crippen molar-refractivity contribution in [1.82, 2.24) is 19.9 Å². The largest absolute Gasteiger partial charge is 0.462 e. The highest BCUT2D eigenvalue weighted by atomic mass is 16.5. The molecule has 1 fully saturated rings. The van der Waals surface area contributed by atoms with Crippen molar-refractivity contribution in [2.24, 2.45) is 13.0 Å². The highest BCUT2D eigenvalue weighted by Crippen LogP contribution is 2.21. The van der Waals surface area contributed by atoms with E-state index in [-0.39, 0.29) is 5.97 Å². The molecule has 0 radical (unpaired) electrons. The quantitative estimate of drug-likeness (QED) is 0.607. The lowest BCUT2D eigenvalue weighted by Gasteiger charge is -2.32. The van der Waals surface area contributed by atoms with Crippen LogP contribution in [0.25, 0.3) is 10.9 Å². The van der Waals surface area contributed by atoms with Crippen molar-refractivity contribution in [1.29, 1.82) is 0 Å². The van der Waals surface area contributed by atoms with Crippen LogP contribution in [-0.4, -0.2) is 46.7 Å². The van der Waals surface area contributed by atoms with E-state index in [0.29, 0.717) is 24.0 Å². The van der Waals surface area contributed by atoms with E-state index in [1.165, 1.54) is 16.6 Å². The van der Waals surface area contributed by atoms with Crippen LogP contribution < -0.4 is 10.2 Å². The zero-order valence-corrected chi connectivity index (χ0v) is 17.7. The summed E-state index contributed by atoms with van der Waals surface area (Å²) in [6.07, 6.45) is 5.31. The molecule has 0 atom stereocenters. The van der Waals surface area contributed by atoms with Gasteiger partial charge in [0.15, 0.2) is 0 Å². The minimum absolute atomic E-state index is 0.350. The van der Waals surface area contributed by atoms with Crippen molar-refractivity contribution in [2.45, 2.75) is 26.3 Å². The average Bonchev–Trinajstić information content (AvgIpc) is 3.10. The predicted molar refractivity (Wildman–Crippen MR) is 118 cm³/mol. The van der Waals surface area contributed by atoms with Crippen LogP contribution in [0.4, 0.5) is 5.95 Å². The molecule has 1 saturated heterocycles. The number of aryl methyl sites for hydroxylation is 1. The van der Waals surface area contributed by atoms with Crippen LogP contribution in [0, 0.1) is 5.92 Å². The minimum Gasteiger partial charge on any atom is -0.462 e. The second-order valence-electron chi connectivity index (χ2n) is 7.81. The number of hydrogen-bond acceptors (Lipinski definition) is 6. The number of aromatic nitrogens is 3. The third kappa shape index (κ3) is 4.46. The van der Waals surface area contributed by atoms with Gasteiger partial charge in [-0.05, 0) is 49.7 Å². The summed E-state index contributed by atoms with van der Waals surface area (Å²) in [4.78, 5) is 22.6. The molecular weight excluding hydrogens is 378 g/mol. The zero-order valence-electron chi connectivity index (χ0n) is 17.7. The first-order valence-electron chi connectivity index (χ1n) is 10.6. The summed E-state index contributed by atoms with van der Waals surface area (Å²) >= 11 is 0. The maximum atomic E-state index is 11.7. The Hall–Kier alpha value is -2.93. The summed E-state index contributed by atoms with van der Waals surface area (Å²) in [6.45, 7) is 5.89. The number of carbonyl (C=O) groups is 1. The number of carbonyl (C=O) groups excluding carboxylic acids is 1. The molecule has 1 aliphatic rings. The molecule has 3 heterocycles. The van der Waals surface area contributed by atoms with Gasteiger partial charge in [-0.15, -0.1) is 0 Å². The van der Waals surface area contributed by atoms with Crippen molar-refractivity contribution in [3.05, 3.63) is 54.0 Å². The monoisotopic (exact) mass is 407 g/mol. The summed E-state index contributed by atoms with van der Waals surface area (Å²) in [7, 11) is 2.13. The van der Waals surface area contributed by atoms with Crippen LogP contribution in [0.5, 0.6) is 0 Å². The van der Waals surface area contributed by atoms with Crippen LogP contribution in [0.1, 0.15) is 35.8 Å². The molecule has 0 aliphatic carbocycles. The van der Waals surface area contributed by atoms with Gasteiger partial charge >= 0.3 is 5.97 Å². The molecular formula is C23H29N5O2. The molecule has 1 aliphatic heterocycles. The lowest BCUT2D eigenvalue weighted by Crippen LogP contribution is -2.38.